The van der Waals surface area contributed by atoms with Crippen molar-refractivity contribution in [2.75, 3.05) is 30.4 Å². The summed E-state index contributed by atoms with van der Waals surface area (Å²) in [5.74, 6) is -1.88. The number of hydrogen-bond donors (Lipinski definition) is 2. The lowest BCUT2D eigenvalue weighted by molar-refractivity contribution is -0.152. The molecule has 0 unspecified atom stereocenters. The van der Waals surface area contributed by atoms with Gasteiger partial charge >= 0.3 is 12.1 Å². The molecule has 0 spiro atoms. The van der Waals surface area contributed by atoms with E-state index in [1.165, 1.54) is 5.56 Å². The summed E-state index contributed by atoms with van der Waals surface area (Å²) >= 11 is 0. The van der Waals surface area contributed by atoms with Gasteiger partial charge in [-0.25, -0.2) is 9.78 Å². The number of nitrogens with one attached hydrogen (secondary N) is 1. The molecule has 1 aliphatic heterocycles. The number of carbonyl (C=O) groups is 2. The number of alkyl halides is 3. The molecular formula is C30H28F3N3O4. The van der Waals surface area contributed by atoms with Crippen LogP contribution in [0.5, 0.6) is 0 Å². The van der Waals surface area contributed by atoms with E-state index in [-0.39, 0.29) is 12.2 Å². The van der Waals surface area contributed by atoms with Gasteiger partial charge in [0.1, 0.15) is 0 Å². The molecule has 5 rings (SSSR count). The van der Waals surface area contributed by atoms with E-state index in [4.69, 9.17) is 5.11 Å². The van der Waals surface area contributed by atoms with E-state index in [0.717, 1.165) is 37.3 Å². The van der Waals surface area contributed by atoms with E-state index >= 15 is 0 Å². The molecule has 1 aromatic heterocycles. The van der Waals surface area contributed by atoms with Crippen molar-refractivity contribution < 1.29 is 32.3 Å². The average Bonchev–Trinajstić information content (AvgIpc) is 3.44. The molecule has 2 N–H and O–H groups in total. The van der Waals surface area contributed by atoms with Gasteiger partial charge in [0.2, 0.25) is 11.7 Å². The Kier molecular flexibility index (Phi) is 8.88. The van der Waals surface area contributed by atoms with Crippen LogP contribution in [0.4, 0.5) is 24.5 Å². The third-order valence-electron chi connectivity index (χ3n) is 6.67. The smallest absolute Gasteiger partial charge is 0.452 e. The van der Waals surface area contributed by atoms with E-state index < -0.39 is 23.6 Å². The summed E-state index contributed by atoms with van der Waals surface area (Å²) in [6.45, 7) is 1.92. The van der Waals surface area contributed by atoms with Crippen molar-refractivity contribution in [2.24, 2.45) is 0 Å². The molecular weight excluding hydrogens is 523 g/mol. The molecule has 0 saturated carbocycles. The highest BCUT2D eigenvalue weighted by Crippen LogP contribution is 2.34. The van der Waals surface area contributed by atoms with Crippen molar-refractivity contribution >= 4 is 23.6 Å². The van der Waals surface area contributed by atoms with Crippen LogP contribution < -0.4 is 10.2 Å². The summed E-state index contributed by atoms with van der Waals surface area (Å²) in [7, 11) is 1.93. The van der Waals surface area contributed by atoms with Crippen molar-refractivity contribution in [3.8, 4) is 11.5 Å². The molecule has 7 nitrogen and oxygen atoms in total. The zero-order valence-corrected chi connectivity index (χ0v) is 21.7. The Morgan fingerprint density at radius 2 is 1.70 bits per heavy atom. The van der Waals surface area contributed by atoms with Gasteiger partial charge in [-0.2, -0.15) is 13.2 Å². The second-order valence-electron chi connectivity index (χ2n) is 9.20. The summed E-state index contributed by atoms with van der Waals surface area (Å²) in [5, 5.41) is 12.3. The molecule has 1 saturated heterocycles. The SMILES string of the molecule is CNc1ccc(C2CCN(c3cccc(C(=O)O)c3)CC2)cc1.O=Cc1nc(-c2ccccc2)oc1C(F)(F)F. The number of aldehydes is 1. The van der Waals surface area contributed by atoms with Crippen LogP contribution in [0.2, 0.25) is 0 Å². The Morgan fingerprint density at radius 1 is 1.02 bits per heavy atom. The van der Waals surface area contributed by atoms with Gasteiger partial charge in [-0.3, -0.25) is 4.79 Å². The number of rotatable bonds is 6. The summed E-state index contributed by atoms with van der Waals surface area (Å²) < 4.78 is 42.0. The molecule has 2 heterocycles. The molecule has 0 amide bonds. The molecule has 0 aliphatic carbocycles. The summed E-state index contributed by atoms with van der Waals surface area (Å²) in [6, 6.07) is 23.9. The number of nitrogens with zero attached hydrogens (tertiary/aromatic N) is 2. The Bertz CT molecular complexity index is 1430. The second kappa shape index (κ2) is 12.5. The van der Waals surface area contributed by atoms with Gasteiger partial charge in [-0.05, 0) is 66.8 Å². The number of carboxylic acid groups (broad SMARTS) is 1. The fraction of sp³-hybridized carbons (Fsp3) is 0.233. The first-order chi connectivity index (χ1) is 19.2. The van der Waals surface area contributed by atoms with E-state index in [9.17, 15) is 22.8 Å². The molecule has 0 radical (unpaired) electrons. The molecule has 4 aromatic rings. The topological polar surface area (TPSA) is 95.7 Å². The fourth-order valence-electron chi connectivity index (χ4n) is 4.55. The number of piperidine rings is 1. The van der Waals surface area contributed by atoms with Crippen LogP contribution in [0.15, 0.2) is 83.3 Å². The van der Waals surface area contributed by atoms with E-state index in [1.807, 2.05) is 19.2 Å². The molecule has 10 heteroatoms. The van der Waals surface area contributed by atoms with E-state index in [2.05, 4.69) is 43.9 Å². The molecule has 3 aromatic carbocycles. The zero-order chi connectivity index (χ0) is 28.7. The number of aromatic carboxylic acids is 1. The molecule has 0 atom stereocenters. The van der Waals surface area contributed by atoms with Crippen LogP contribution >= 0.6 is 0 Å². The highest BCUT2D eigenvalue weighted by Gasteiger charge is 2.39. The first-order valence-electron chi connectivity index (χ1n) is 12.6. The number of benzene rings is 3. The largest absolute Gasteiger partial charge is 0.478 e. The minimum atomic E-state index is -4.73. The molecule has 1 aliphatic rings. The third-order valence-corrected chi connectivity index (χ3v) is 6.67. The fourth-order valence-corrected chi connectivity index (χ4v) is 4.55. The summed E-state index contributed by atoms with van der Waals surface area (Å²) in [4.78, 5) is 27.4. The maximum absolute atomic E-state index is 12.5. The monoisotopic (exact) mass is 551 g/mol. The van der Waals surface area contributed by atoms with Crippen LogP contribution in [0.3, 0.4) is 0 Å². The van der Waals surface area contributed by atoms with Gasteiger partial charge in [0, 0.05) is 37.1 Å². The quantitative estimate of drug-likeness (QED) is 0.250. The summed E-state index contributed by atoms with van der Waals surface area (Å²) in [6.07, 6.45) is -2.51. The standard InChI is InChI=1S/C19H22N2O2.C11H6F3NO2/c1-20-17-7-5-14(6-8-17)15-9-11-21(12-10-15)18-4-2-3-16(13-18)19(22)23;12-11(13,14)9-8(6-16)15-10(17-9)7-4-2-1-3-5-7/h2-8,13,15,20H,9-12H2,1H3,(H,22,23);1-6H. The predicted molar refractivity (Wildman–Crippen MR) is 146 cm³/mol. The molecule has 0 bridgehead atoms. The average molecular weight is 552 g/mol. The van der Waals surface area contributed by atoms with Crippen molar-refractivity contribution in [3.63, 3.8) is 0 Å². The lowest BCUT2D eigenvalue weighted by Gasteiger charge is -2.34. The highest BCUT2D eigenvalue weighted by atomic mass is 19.4. The predicted octanol–water partition coefficient (Wildman–Crippen LogP) is 6.98. The number of anilines is 2. The van der Waals surface area contributed by atoms with Crippen molar-refractivity contribution in [2.45, 2.75) is 24.9 Å². The molecule has 208 valence electrons. The van der Waals surface area contributed by atoms with Gasteiger partial charge in [0.15, 0.2) is 12.0 Å². The zero-order valence-electron chi connectivity index (χ0n) is 21.7. The lowest BCUT2D eigenvalue weighted by atomic mass is 9.89. The minimum Gasteiger partial charge on any atom is -0.478 e. The van der Waals surface area contributed by atoms with Gasteiger partial charge in [-0.1, -0.05) is 36.4 Å². The Balaban J connectivity index is 0.000000194. The second-order valence-corrected chi connectivity index (χ2v) is 9.20. The summed E-state index contributed by atoms with van der Waals surface area (Å²) in [5.41, 5.74) is 3.53. The van der Waals surface area contributed by atoms with Crippen LogP contribution in [0.1, 0.15) is 50.9 Å². The Morgan fingerprint density at radius 3 is 2.25 bits per heavy atom. The van der Waals surface area contributed by atoms with Crippen LogP contribution in [-0.4, -0.2) is 42.5 Å². The first kappa shape index (κ1) is 28.4. The maximum Gasteiger partial charge on any atom is 0.452 e. The van der Waals surface area contributed by atoms with Crippen molar-refractivity contribution in [1.29, 1.82) is 0 Å². The minimum absolute atomic E-state index is 0.0266. The van der Waals surface area contributed by atoms with E-state index in [0.29, 0.717) is 17.0 Å². The number of halogens is 3. The normalized spacial score (nSPS) is 13.8. The van der Waals surface area contributed by atoms with Crippen LogP contribution in [0, 0.1) is 0 Å². The van der Waals surface area contributed by atoms with Gasteiger partial charge in [-0.15, -0.1) is 0 Å². The molecule has 1 fully saturated rings. The number of oxazole rings is 1. The Hall–Kier alpha value is -4.60. The van der Waals surface area contributed by atoms with Crippen molar-refractivity contribution in [3.05, 3.63) is 101 Å². The maximum atomic E-state index is 12.5. The van der Waals surface area contributed by atoms with E-state index in [1.54, 1.807) is 42.5 Å². The van der Waals surface area contributed by atoms with Gasteiger partial charge in [0.25, 0.3) is 0 Å². The number of carbonyl (C=O) groups excluding carboxylic acids is 1. The third kappa shape index (κ3) is 6.88. The number of carboxylic acids is 1. The highest BCUT2D eigenvalue weighted by molar-refractivity contribution is 5.88. The van der Waals surface area contributed by atoms with Crippen LogP contribution in [-0.2, 0) is 6.18 Å². The number of hydrogen-bond acceptors (Lipinski definition) is 6. The van der Waals surface area contributed by atoms with Gasteiger partial charge < -0.3 is 19.7 Å². The number of aromatic nitrogens is 1. The molecule has 40 heavy (non-hydrogen) atoms. The van der Waals surface area contributed by atoms with Crippen LogP contribution in [0.25, 0.3) is 11.5 Å². The van der Waals surface area contributed by atoms with Gasteiger partial charge in [0.05, 0.1) is 5.56 Å². The van der Waals surface area contributed by atoms with Crippen molar-refractivity contribution in [1.82, 2.24) is 4.98 Å². The first-order valence-corrected chi connectivity index (χ1v) is 12.6. The Labute approximate surface area is 229 Å². The lowest BCUT2D eigenvalue weighted by Crippen LogP contribution is -2.32.